The highest BCUT2D eigenvalue weighted by atomic mass is 16.5. The Morgan fingerprint density at radius 3 is 2.75 bits per heavy atom. The third-order valence-corrected chi connectivity index (χ3v) is 3.08. The SMILES string of the molecule is COC(=O)C1(Cc2ccccc2O)CCN1. The number of hydrogen-bond donors (Lipinski definition) is 2. The number of rotatable bonds is 3. The van der Waals surface area contributed by atoms with Crippen LogP contribution in [0.15, 0.2) is 24.3 Å². The van der Waals surface area contributed by atoms with Gasteiger partial charge in [0, 0.05) is 6.42 Å². The number of benzene rings is 1. The van der Waals surface area contributed by atoms with Gasteiger partial charge in [0.2, 0.25) is 0 Å². The standard InChI is InChI=1S/C12H15NO3/c1-16-11(15)12(6-7-13-12)8-9-4-2-3-5-10(9)14/h2-5,13-14H,6-8H2,1H3. The molecule has 0 saturated carbocycles. The highest BCUT2D eigenvalue weighted by Crippen LogP contribution is 2.29. The molecule has 1 aromatic carbocycles. The molecule has 1 aromatic rings. The molecule has 86 valence electrons. The number of methoxy groups -OCH3 is 1. The molecule has 1 aliphatic heterocycles. The second-order valence-electron chi connectivity index (χ2n) is 4.06. The number of esters is 1. The number of phenolic OH excluding ortho intramolecular Hbond substituents is 1. The third kappa shape index (κ3) is 1.76. The largest absolute Gasteiger partial charge is 0.508 e. The normalized spacial score (nSPS) is 23.6. The van der Waals surface area contributed by atoms with Crippen LogP contribution < -0.4 is 5.32 Å². The lowest BCUT2D eigenvalue weighted by molar-refractivity contribution is -0.152. The summed E-state index contributed by atoms with van der Waals surface area (Å²) in [5, 5.41) is 12.8. The van der Waals surface area contributed by atoms with Crippen molar-refractivity contribution in [1.82, 2.24) is 5.32 Å². The average molecular weight is 221 g/mol. The number of aromatic hydroxyl groups is 1. The highest BCUT2D eigenvalue weighted by molar-refractivity contribution is 5.82. The van der Waals surface area contributed by atoms with E-state index >= 15 is 0 Å². The third-order valence-electron chi connectivity index (χ3n) is 3.08. The van der Waals surface area contributed by atoms with Crippen molar-refractivity contribution in [2.24, 2.45) is 0 Å². The Hall–Kier alpha value is -1.55. The van der Waals surface area contributed by atoms with Gasteiger partial charge in [0.25, 0.3) is 0 Å². The van der Waals surface area contributed by atoms with Gasteiger partial charge in [0.1, 0.15) is 11.3 Å². The van der Waals surface area contributed by atoms with E-state index in [2.05, 4.69) is 5.32 Å². The quantitative estimate of drug-likeness (QED) is 0.743. The molecule has 1 fully saturated rings. The Morgan fingerprint density at radius 1 is 1.56 bits per heavy atom. The summed E-state index contributed by atoms with van der Waals surface area (Å²) in [6, 6.07) is 7.05. The van der Waals surface area contributed by atoms with Crippen molar-refractivity contribution in [3.63, 3.8) is 0 Å². The minimum absolute atomic E-state index is 0.222. The molecule has 4 heteroatoms. The van der Waals surface area contributed by atoms with E-state index in [-0.39, 0.29) is 11.7 Å². The topological polar surface area (TPSA) is 58.6 Å². The van der Waals surface area contributed by atoms with Crippen LogP contribution in [0.4, 0.5) is 0 Å². The molecule has 0 amide bonds. The first-order valence-corrected chi connectivity index (χ1v) is 5.28. The van der Waals surface area contributed by atoms with E-state index in [1.165, 1.54) is 7.11 Å². The summed E-state index contributed by atoms with van der Waals surface area (Å²) in [6.07, 6.45) is 1.21. The Bertz CT molecular complexity index is 399. The molecule has 2 N–H and O–H groups in total. The van der Waals surface area contributed by atoms with E-state index in [0.717, 1.165) is 18.5 Å². The predicted molar refractivity (Wildman–Crippen MR) is 59.2 cm³/mol. The van der Waals surface area contributed by atoms with Crippen molar-refractivity contribution < 1.29 is 14.6 Å². The van der Waals surface area contributed by atoms with Crippen molar-refractivity contribution in [3.05, 3.63) is 29.8 Å². The molecule has 1 saturated heterocycles. The number of ether oxygens (including phenoxy) is 1. The van der Waals surface area contributed by atoms with Crippen molar-refractivity contribution in [1.29, 1.82) is 0 Å². The summed E-state index contributed by atoms with van der Waals surface area (Å²) in [7, 11) is 1.38. The van der Waals surface area contributed by atoms with Gasteiger partial charge in [0.15, 0.2) is 0 Å². The summed E-state index contributed by atoms with van der Waals surface area (Å²) in [4.78, 5) is 11.7. The number of phenols is 1. The Balaban J connectivity index is 2.19. The van der Waals surface area contributed by atoms with Gasteiger partial charge >= 0.3 is 5.97 Å². The number of para-hydroxylation sites is 1. The van der Waals surface area contributed by atoms with Gasteiger partial charge in [-0.2, -0.15) is 0 Å². The van der Waals surface area contributed by atoms with Crippen LogP contribution >= 0.6 is 0 Å². The van der Waals surface area contributed by atoms with E-state index in [1.807, 2.05) is 12.1 Å². The Labute approximate surface area is 94.2 Å². The molecule has 0 spiro atoms. The van der Waals surface area contributed by atoms with E-state index in [4.69, 9.17) is 4.74 Å². The molecule has 0 aliphatic carbocycles. The molecular weight excluding hydrogens is 206 g/mol. The Kier molecular flexibility index (Phi) is 2.83. The van der Waals surface area contributed by atoms with Gasteiger partial charge in [-0.1, -0.05) is 18.2 Å². The summed E-state index contributed by atoms with van der Waals surface area (Å²) < 4.78 is 4.79. The molecule has 1 unspecified atom stereocenters. The molecule has 4 nitrogen and oxygen atoms in total. The minimum atomic E-state index is -0.645. The fourth-order valence-corrected chi connectivity index (χ4v) is 2.00. The van der Waals surface area contributed by atoms with Crippen molar-refractivity contribution in [3.8, 4) is 5.75 Å². The molecule has 0 radical (unpaired) electrons. The van der Waals surface area contributed by atoms with Gasteiger partial charge in [-0.15, -0.1) is 0 Å². The van der Waals surface area contributed by atoms with Crippen molar-refractivity contribution in [2.75, 3.05) is 13.7 Å². The lowest BCUT2D eigenvalue weighted by Crippen LogP contribution is -2.64. The molecule has 2 rings (SSSR count). The summed E-state index contributed by atoms with van der Waals surface area (Å²) >= 11 is 0. The minimum Gasteiger partial charge on any atom is -0.508 e. The van der Waals surface area contributed by atoms with Gasteiger partial charge in [0.05, 0.1) is 7.11 Å². The first-order valence-electron chi connectivity index (χ1n) is 5.28. The van der Waals surface area contributed by atoms with Gasteiger partial charge in [-0.05, 0) is 24.6 Å². The van der Waals surface area contributed by atoms with Crippen molar-refractivity contribution >= 4 is 5.97 Å². The maximum atomic E-state index is 11.7. The van der Waals surface area contributed by atoms with Crippen molar-refractivity contribution in [2.45, 2.75) is 18.4 Å². The van der Waals surface area contributed by atoms with Crippen LogP contribution in [0.2, 0.25) is 0 Å². The zero-order valence-electron chi connectivity index (χ0n) is 9.19. The molecule has 0 bridgehead atoms. The van der Waals surface area contributed by atoms with Crippen LogP contribution in [0.25, 0.3) is 0 Å². The monoisotopic (exact) mass is 221 g/mol. The van der Waals surface area contributed by atoms with Gasteiger partial charge in [-0.25, -0.2) is 0 Å². The number of hydrogen-bond acceptors (Lipinski definition) is 4. The summed E-state index contributed by atoms with van der Waals surface area (Å²) in [5.41, 5.74) is 0.119. The number of carbonyl (C=O) groups excluding carboxylic acids is 1. The average Bonchev–Trinajstić information content (AvgIpc) is 2.25. The molecule has 1 aliphatic rings. The summed E-state index contributed by atoms with van der Waals surface area (Å²) in [6.45, 7) is 0.808. The predicted octanol–water partition coefficient (Wildman–Crippen LogP) is 0.840. The van der Waals surface area contributed by atoms with Gasteiger partial charge < -0.3 is 15.2 Å². The molecule has 0 aromatic heterocycles. The smallest absolute Gasteiger partial charge is 0.326 e. The van der Waals surface area contributed by atoms with Crippen LogP contribution in [0.5, 0.6) is 5.75 Å². The molecule has 1 heterocycles. The molecule has 16 heavy (non-hydrogen) atoms. The van der Waals surface area contributed by atoms with E-state index in [0.29, 0.717) is 6.42 Å². The van der Waals surface area contributed by atoms with Gasteiger partial charge in [-0.3, -0.25) is 4.79 Å². The zero-order valence-corrected chi connectivity index (χ0v) is 9.19. The first-order chi connectivity index (χ1) is 7.68. The number of nitrogens with one attached hydrogen (secondary N) is 1. The lowest BCUT2D eigenvalue weighted by atomic mass is 9.81. The maximum absolute atomic E-state index is 11.7. The Morgan fingerprint density at radius 2 is 2.25 bits per heavy atom. The maximum Gasteiger partial charge on any atom is 0.326 e. The van der Waals surface area contributed by atoms with Crippen LogP contribution in [-0.4, -0.2) is 30.3 Å². The van der Waals surface area contributed by atoms with Crippen LogP contribution in [0.3, 0.4) is 0 Å². The zero-order chi connectivity index (χ0) is 11.6. The first kappa shape index (κ1) is 11.0. The lowest BCUT2D eigenvalue weighted by Gasteiger charge is -2.40. The number of carbonyl (C=O) groups is 1. The van der Waals surface area contributed by atoms with Crippen LogP contribution in [0, 0.1) is 0 Å². The van der Waals surface area contributed by atoms with E-state index in [9.17, 15) is 9.90 Å². The summed E-state index contributed by atoms with van der Waals surface area (Å²) in [5.74, 6) is -0.0403. The van der Waals surface area contributed by atoms with E-state index < -0.39 is 5.54 Å². The molecular formula is C12H15NO3. The second kappa shape index (κ2) is 4.14. The fourth-order valence-electron chi connectivity index (χ4n) is 2.00. The van der Waals surface area contributed by atoms with Crippen LogP contribution in [-0.2, 0) is 16.0 Å². The van der Waals surface area contributed by atoms with Crippen LogP contribution in [0.1, 0.15) is 12.0 Å². The highest BCUT2D eigenvalue weighted by Gasteiger charge is 2.45. The molecule has 1 atom stereocenters. The second-order valence-corrected chi connectivity index (χ2v) is 4.06. The van der Waals surface area contributed by atoms with E-state index in [1.54, 1.807) is 12.1 Å². The fraction of sp³-hybridized carbons (Fsp3) is 0.417.